The van der Waals surface area contributed by atoms with Gasteiger partial charge in [0, 0.05) is 13.0 Å². The van der Waals surface area contributed by atoms with E-state index in [2.05, 4.69) is 98.9 Å². The van der Waals surface area contributed by atoms with Crippen LogP contribution in [0.1, 0.15) is 136 Å². The fraction of sp³-hybridized carbons (Fsp3) is 0.674. The third kappa shape index (κ3) is 28.4. The molecule has 6 atom stereocenters. The van der Waals surface area contributed by atoms with E-state index in [4.69, 9.17) is 18.9 Å². The van der Waals surface area contributed by atoms with Gasteiger partial charge in [0.2, 0.25) is 0 Å². The molecule has 55 heavy (non-hydrogen) atoms. The highest BCUT2D eigenvalue weighted by atomic mass is 16.7. The Morgan fingerprint density at radius 2 is 1.11 bits per heavy atom. The Balaban J connectivity index is 2.35. The lowest BCUT2D eigenvalue weighted by molar-refractivity contribution is -0.305. The monoisotopic (exact) mass is 773 g/mol. The zero-order valence-electron chi connectivity index (χ0n) is 34.1. The van der Waals surface area contributed by atoms with Crippen LogP contribution in [0.5, 0.6) is 0 Å². The van der Waals surface area contributed by atoms with E-state index >= 15 is 0 Å². The summed E-state index contributed by atoms with van der Waals surface area (Å²) in [5, 5.41) is 40.0. The van der Waals surface area contributed by atoms with Crippen LogP contribution in [0.25, 0.3) is 0 Å². The Kier molecular flexibility index (Phi) is 33.9. The molecular weight excluding hydrogens is 696 g/mol. The third-order valence-electron chi connectivity index (χ3n) is 9.05. The van der Waals surface area contributed by atoms with Gasteiger partial charge in [0.05, 0.1) is 19.8 Å². The molecule has 1 heterocycles. The molecule has 1 aliphatic heterocycles. The van der Waals surface area contributed by atoms with E-state index in [1.54, 1.807) is 0 Å². The quantitative estimate of drug-likeness (QED) is 0.0287. The van der Waals surface area contributed by atoms with Gasteiger partial charge in [-0.15, -0.1) is 0 Å². The summed E-state index contributed by atoms with van der Waals surface area (Å²) in [6.45, 7) is 4.22. The van der Waals surface area contributed by atoms with Gasteiger partial charge in [-0.05, 0) is 83.5 Å². The number of aliphatic hydroxyl groups excluding tert-OH is 4. The summed E-state index contributed by atoms with van der Waals surface area (Å²) in [6, 6.07) is 0. The molecule has 4 N–H and O–H groups in total. The van der Waals surface area contributed by atoms with Gasteiger partial charge in [0.25, 0.3) is 0 Å². The molecule has 0 aromatic carbocycles. The van der Waals surface area contributed by atoms with Gasteiger partial charge in [-0.3, -0.25) is 4.79 Å². The number of aliphatic hydroxyl groups is 4. The number of unbranched alkanes of at least 4 members (excludes halogenated alkanes) is 9. The molecule has 314 valence electrons. The first-order valence-electron chi connectivity index (χ1n) is 21.2. The smallest absolute Gasteiger partial charge is 0.306 e. The SMILES string of the molecule is CC/C=C\C/C=C\C/C=C\C/C=C\C/C=C\C/C=C\CCCOCC(COC1OC(CO)C(O)C(O)C1O)OC(=O)CCCCCCC/C=C\CCCCC. The molecule has 0 saturated carbocycles. The Bertz CT molecular complexity index is 1110. The molecule has 9 heteroatoms. The maximum Gasteiger partial charge on any atom is 0.306 e. The number of carbonyl (C=O) groups excluding carboxylic acids is 1. The predicted molar refractivity (Wildman–Crippen MR) is 223 cm³/mol. The number of ether oxygens (including phenoxy) is 4. The van der Waals surface area contributed by atoms with Crippen LogP contribution in [0, 0.1) is 0 Å². The van der Waals surface area contributed by atoms with Gasteiger partial charge in [-0.25, -0.2) is 0 Å². The largest absolute Gasteiger partial charge is 0.457 e. The van der Waals surface area contributed by atoms with E-state index in [1.807, 2.05) is 0 Å². The van der Waals surface area contributed by atoms with E-state index in [-0.39, 0.29) is 25.6 Å². The molecule has 0 aliphatic carbocycles. The summed E-state index contributed by atoms with van der Waals surface area (Å²) >= 11 is 0. The lowest BCUT2D eigenvalue weighted by Gasteiger charge is -2.39. The summed E-state index contributed by atoms with van der Waals surface area (Å²) in [7, 11) is 0. The standard InChI is InChI=1S/C46H76O9/c1-3-5-7-9-11-13-15-17-18-19-20-21-22-23-24-26-28-30-32-34-36-52-38-40(39-53-46-45(51)44(50)43(49)41(37-47)55-46)54-42(48)35-33-31-29-27-25-16-14-12-10-8-6-4-2/h5,7,11-14,17-18,20-21,23-24,28,30,40-41,43-47,49-51H,3-4,6,8-10,15-16,19,22,25-27,29,31-39H2,1-2H3/b7-5-,13-11-,14-12-,18-17-,21-20-,24-23-,30-28-. The van der Waals surface area contributed by atoms with Gasteiger partial charge >= 0.3 is 5.97 Å². The predicted octanol–water partition coefficient (Wildman–Crippen LogP) is 9.08. The van der Waals surface area contributed by atoms with Crippen LogP contribution < -0.4 is 0 Å². The second-order valence-electron chi connectivity index (χ2n) is 14.0. The molecule has 1 saturated heterocycles. The van der Waals surface area contributed by atoms with Gasteiger partial charge in [-0.2, -0.15) is 0 Å². The summed E-state index contributed by atoms with van der Waals surface area (Å²) in [5.41, 5.74) is 0. The Hall–Kier alpha value is -2.63. The van der Waals surface area contributed by atoms with Crippen LogP contribution >= 0.6 is 0 Å². The molecule has 1 aliphatic rings. The molecule has 0 aromatic rings. The lowest BCUT2D eigenvalue weighted by atomic mass is 9.99. The molecule has 0 radical (unpaired) electrons. The maximum atomic E-state index is 12.7. The number of hydrogen-bond acceptors (Lipinski definition) is 9. The molecule has 9 nitrogen and oxygen atoms in total. The Morgan fingerprint density at radius 1 is 0.600 bits per heavy atom. The van der Waals surface area contributed by atoms with Crippen molar-refractivity contribution in [3.05, 3.63) is 85.1 Å². The normalized spacial score (nSPS) is 21.6. The third-order valence-corrected chi connectivity index (χ3v) is 9.05. The topological polar surface area (TPSA) is 135 Å². The molecule has 0 amide bonds. The van der Waals surface area contributed by atoms with E-state index in [1.165, 1.54) is 25.7 Å². The van der Waals surface area contributed by atoms with Crippen LogP contribution in [-0.4, -0.2) is 89.6 Å². The van der Waals surface area contributed by atoms with Gasteiger partial charge in [-0.1, -0.05) is 131 Å². The highest BCUT2D eigenvalue weighted by molar-refractivity contribution is 5.69. The van der Waals surface area contributed by atoms with Crippen molar-refractivity contribution in [1.82, 2.24) is 0 Å². The highest BCUT2D eigenvalue weighted by Gasteiger charge is 2.44. The molecule has 1 rings (SSSR count). The first kappa shape index (κ1) is 50.4. The maximum absolute atomic E-state index is 12.7. The van der Waals surface area contributed by atoms with Crippen LogP contribution in [0.3, 0.4) is 0 Å². The molecular formula is C46H76O9. The minimum absolute atomic E-state index is 0.0961. The summed E-state index contributed by atoms with van der Waals surface area (Å²) in [6.07, 6.45) is 41.9. The average Bonchev–Trinajstić information content (AvgIpc) is 3.18. The van der Waals surface area contributed by atoms with Gasteiger partial charge < -0.3 is 39.4 Å². The second-order valence-corrected chi connectivity index (χ2v) is 14.0. The second kappa shape index (κ2) is 37.0. The number of hydrogen-bond donors (Lipinski definition) is 4. The van der Waals surface area contributed by atoms with Crippen molar-refractivity contribution < 1.29 is 44.2 Å². The van der Waals surface area contributed by atoms with Gasteiger partial charge in [0.15, 0.2) is 6.29 Å². The van der Waals surface area contributed by atoms with Crippen molar-refractivity contribution in [3.63, 3.8) is 0 Å². The van der Waals surface area contributed by atoms with Crippen molar-refractivity contribution >= 4 is 5.97 Å². The fourth-order valence-corrected chi connectivity index (χ4v) is 5.74. The van der Waals surface area contributed by atoms with Crippen LogP contribution in [0.2, 0.25) is 0 Å². The Labute approximate surface area is 333 Å². The van der Waals surface area contributed by atoms with E-state index in [9.17, 15) is 25.2 Å². The number of allylic oxidation sites excluding steroid dienone is 14. The van der Waals surface area contributed by atoms with Crippen molar-refractivity contribution in [2.45, 2.75) is 173 Å². The van der Waals surface area contributed by atoms with E-state index in [0.717, 1.165) is 89.9 Å². The average molecular weight is 773 g/mol. The molecule has 0 bridgehead atoms. The van der Waals surface area contributed by atoms with E-state index < -0.39 is 43.4 Å². The lowest BCUT2D eigenvalue weighted by Crippen LogP contribution is -2.59. The minimum Gasteiger partial charge on any atom is -0.457 e. The van der Waals surface area contributed by atoms with E-state index in [0.29, 0.717) is 6.61 Å². The zero-order valence-corrected chi connectivity index (χ0v) is 34.1. The zero-order chi connectivity index (χ0) is 40.0. The Morgan fingerprint density at radius 3 is 1.69 bits per heavy atom. The first-order valence-corrected chi connectivity index (χ1v) is 21.2. The number of rotatable bonds is 34. The molecule has 0 spiro atoms. The van der Waals surface area contributed by atoms with Gasteiger partial charge in [0.1, 0.15) is 30.5 Å². The summed E-state index contributed by atoms with van der Waals surface area (Å²) in [4.78, 5) is 12.7. The summed E-state index contributed by atoms with van der Waals surface area (Å²) in [5.74, 6) is -0.348. The molecule has 6 unspecified atom stereocenters. The van der Waals surface area contributed by atoms with Crippen molar-refractivity contribution in [3.8, 4) is 0 Å². The van der Waals surface area contributed by atoms with Crippen molar-refractivity contribution in [2.24, 2.45) is 0 Å². The number of carbonyl (C=O) groups is 1. The summed E-state index contributed by atoms with van der Waals surface area (Å²) < 4.78 is 22.7. The van der Waals surface area contributed by atoms with Crippen LogP contribution in [0.4, 0.5) is 0 Å². The van der Waals surface area contributed by atoms with Crippen molar-refractivity contribution in [1.29, 1.82) is 0 Å². The number of esters is 1. The highest BCUT2D eigenvalue weighted by Crippen LogP contribution is 2.22. The van der Waals surface area contributed by atoms with Crippen LogP contribution in [-0.2, 0) is 23.7 Å². The fourth-order valence-electron chi connectivity index (χ4n) is 5.74. The van der Waals surface area contributed by atoms with Crippen molar-refractivity contribution in [2.75, 3.05) is 26.4 Å². The first-order chi connectivity index (χ1) is 26.9. The minimum atomic E-state index is -1.55. The molecule has 0 aromatic heterocycles. The van der Waals surface area contributed by atoms with Crippen LogP contribution in [0.15, 0.2) is 85.1 Å². The molecule has 1 fully saturated rings.